The number of hydrogen-bond donors (Lipinski definition) is 1. The first-order valence-corrected chi connectivity index (χ1v) is 6.80. The molecule has 0 radical (unpaired) electrons. The van der Waals surface area contributed by atoms with Gasteiger partial charge in [0, 0.05) is 10.2 Å². The van der Waals surface area contributed by atoms with Gasteiger partial charge in [0.15, 0.2) is 0 Å². The van der Waals surface area contributed by atoms with Crippen LogP contribution in [0, 0.1) is 0 Å². The van der Waals surface area contributed by atoms with Crippen LogP contribution in [-0.4, -0.2) is 17.9 Å². The molecule has 0 unspecified atom stereocenters. The summed E-state index contributed by atoms with van der Waals surface area (Å²) in [5.41, 5.74) is 1.70. The summed E-state index contributed by atoms with van der Waals surface area (Å²) in [6.45, 7) is 2.19. The Balaban J connectivity index is 2.84. The zero-order valence-corrected chi connectivity index (χ0v) is 11.7. The van der Waals surface area contributed by atoms with Gasteiger partial charge in [-0.25, -0.2) is 4.79 Å². The highest BCUT2D eigenvalue weighted by Crippen LogP contribution is 2.16. The van der Waals surface area contributed by atoms with E-state index in [0.717, 1.165) is 28.6 Å². The molecule has 0 aliphatic heterocycles. The predicted octanol–water partition coefficient (Wildman–Crippen LogP) is 3.48. The first-order chi connectivity index (χ1) is 7.67. The molecule has 0 aliphatic carbocycles. The van der Waals surface area contributed by atoms with Crippen molar-refractivity contribution in [3.8, 4) is 0 Å². The molecule has 0 aromatic heterocycles. The summed E-state index contributed by atoms with van der Waals surface area (Å²) in [7, 11) is 0. The Morgan fingerprint density at radius 3 is 2.81 bits per heavy atom. The number of benzene rings is 1. The Morgan fingerprint density at radius 2 is 2.19 bits per heavy atom. The molecule has 16 heavy (non-hydrogen) atoms. The SMILES string of the molecule is CCOC(=O)c1cc(S)cc(CCCBr)c1. The molecular formula is C12H15BrO2S. The van der Waals surface area contributed by atoms with E-state index in [0.29, 0.717) is 12.2 Å². The van der Waals surface area contributed by atoms with E-state index in [-0.39, 0.29) is 5.97 Å². The minimum atomic E-state index is -0.279. The molecule has 4 heteroatoms. The number of halogens is 1. The lowest BCUT2D eigenvalue weighted by Crippen LogP contribution is -2.05. The van der Waals surface area contributed by atoms with Crippen molar-refractivity contribution in [2.45, 2.75) is 24.7 Å². The van der Waals surface area contributed by atoms with Crippen molar-refractivity contribution < 1.29 is 9.53 Å². The second kappa shape index (κ2) is 6.97. The van der Waals surface area contributed by atoms with Gasteiger partial charge < -0.3 is 4.74 Å². The van der Waals surface area contributed by atoms with E-state index in [1.807, 2.05) is 12.1 Å². The second-order valence-corrected chi connectivity index (χ2v) is 4.71. The van der Waals surface area contributed by atoms with Crippen LogP contribution in [0.15, 0.2) is 23.1 Å². The lowest BCUT2D eigenvalue weighted by molar-refractivity contribution is 0.0526. The normalized spacial score (nSPS) is 10.2. The quantitative estimate of drug-likeness (QED) is 0.512. The van der Waals surface area contributed by atoms with Crippen LogP contribution >= 0.6 is 28.6 Å². The zero-order valence-electron chi connectivity index (χ0n) is 9.20. The lowest BCUT2D eigenvalue weighted by atomic mass is 10.1. The van der Waals surface area contributed by atoms with Crippen LogP contribution in [0.5, 0.6) is 0 Å². The minimum absolute atomic E-state index is 0.279. The number of hydrogen-bond acceptors (Lipinski definition) is 3. The zero-order chi connectivity index (χ0) is 12.0. The Bertz CT molecular complexity index is 366. The summed E-state index contributed by atoms with van der Waals surface area (Å²) in [6.07, 6.45) is 1.98. The van der Waals surface area contributed by atoms with E-state index in [9.17, 15) is 4.79 Å². The van der Waals surface area contributed by atoms with Crippen molar-refractivity contribution in [1.82, 2.24) is 0 Å². The molecule has 1 rings (SSSR count). The fourth-order valence-electron chi connectivity index (χ4n) is 1.42. The Hall–Kier alpha value is -0.480. The van der Waals surface area contributed by atoms with E-state index >= 15 is 0 Å². The average molecular weight is 303 g/mol. The number of aryl methyl sites for hydroxylation is 1. The monoisotopic (exact) mass is 302 g/mol. The van der Waals surface area contributed by atoms with Gasteiger partial charge in [0.25, 0.3) is 0 Å². The third-order valence-corrected chi connectivity index (χ3v) is 2.91. The van der Waals surface area contributed by atoms with Gasteiger partial charge in [0.05, 0.1) is 12.2 Å². The highest BCUT2D eigenvalue weighted by atomic mass is 79.9. The van der Waals surface area contributed by atoms with E-state index < -0.39 is 0 Å². The number of rotatable bonds is 5. The maximum absolute atomic E-state index is 11.6. The summed E-state index contributed by atoms with van der Waals surface area (Å²) in [5.74, 6) is -0.279. The van der Waals surface area contributed by atoms with Crippen LogP contribution in [0.3, 0.4) is 0 Å². The van der Waals surface area contributed by atoms with Crippen LogP contribution in [0.25, 0.3) is 0 Å². The minimum Gasteiger partial charge on any atom is -0.462 e. The maximum atomic E-state index is 11.6. The van der Waals surface area contributed by atoms with Crippen LogP contribution in [-0.2, 0) is 11.2 Å². The molecule has 1 aromatic carbocycles. The van der Waals surface area contributed by atoms with Crippen molar-refractivity contribution in [2.75, 3.05) is 11.9 Å². The van der Waals surface area contributed by atoms with Crippen molar-refractivity contribution in [3.63, 3.8) is 0 Å². The van der Waals surface area contributed by atoms with E-state index in [1.54, 1.807) is 13.0 Å². The van der Waals surface area contributed by atoms with E-state index in [2.05, 4.69) is 28.6 Å². The van der Waals surface area contributed by atoms with Crippen LogP contribution < -0.4 is 0 Å². The van der Waals surface area contributed by atoms with Gasteiger partial charge in [0.2, 0.25) is 0 Å². The first kappa shape index (κ1) is 13.6. The Labute approximate surface area is 110 Å². The summed E-state index contributed by atoms with van der Waals surface area (Å²) < 4.78 is 4.96. The molecule has 0 atom stereocenters. The molecule has 0 spiro atoms. The van der Waals surface area contributed by atoms with Gasteiger partial charge in [-0.05, 0) is 43.5 Å². The molecule has 0 saturated heterocycles. The molecule has 0 saturated carbocycles. The predicted molar refractivity (Wildman–Crippen MR) is 71.8 cm³/mol. The highest BCUT2D eigenvalue weighted by molar-refractivity contribution is 9.09. The smallest absolute Gasteiger partial charge is 0.338 e. The molecule has 0 N–H and O–H groups in total. The van der Waals surface area contributed by atoms with Crippen molar-refractivity contribution in [3.05, 3.63) is 29.3 Å². The summed E-state index contributed by atoms with van der Waals surface area (Å²) in [6, 6.07) is 5.59. The number of alkyl halides is 1. The maximum Gasteiger partial charge on any atom is 0.338 e. The van der Waals surface area contributed by atoms with Gasteiger partial charge in [0.1, 0.15) is 0 Å². The van der Waals surface area contributed by atoms with E-state index in [1.165, 1.54) is 0 Å². The number of thiol groups is 1. The fraction of sp³-hybridized carbons (Fsp3) is 0.417. The van der Waals surface area contributed by atoms with Crippen LogP contribution in [0.2, 0.25) is 0 Å². The summed E-state index contributed by atoms with van der Waals surface area (Å²) >= 11 is 7.68. The average Bonchev–Trinajstić information content (AvgIpc) is 2.26. The Morgan fingerprint density at radius 1 is 1.44 bits per heavy atom. The van der Waals surface area contributed by atoms with Gasteiger partial charge in [-0.15, -0.1) is 12.6 Å². The first-order valence-electron chi connectivity index (χ1n) is 5.23. The molecule has 1 aromatic rings. The molecule has 0 amide bonds. The van der Waals surface area contributed by atoms with Gasteiger partial charge in [-0.1, -0.05) is 15.9 Å². The number of carbonyl (C=O) groups is 1. The standard InChI is InChI=1S/C12H15BrO2S/c1-2-15-12(14)10-6-9(4-3-5-13)7-11(16)8-10/h6-8,16H,2-5H2,1H3. The topological polar surface area (TPSA) is 26.3 Å². The number of esters is 1. The van der Waals surface area contributed by atoms with Crippen molar-refractivity contribution >= 4 is 34.5 Å². The van der Waals surface area contributed by atoms with Gasteiger partial charge in [-0.2, -0.15) is 0 Å². The third-order valence-electron chi connectivity index (χ3n) is 2.09. The molecular weight excluding hydrogens is 288 g/mol. The Kier molecular flexibility index (Phi) is 5.91. The van der Waals surface area contributed by atoms with Crippen LogP contribution in [0.4, 0.5) is 0 Å². The van der Waals surface area contributed by atoms with E-state index in [4.69, 9.17) is 4.74 Å². The molecule has 0 aliphatic rings. The van der Waals surface area contributed by atoms with Gasteiger partial charge in [-0.3, -0.25) is 0 Å². The summed E-state index contributed by atoms with van der Waals surface area (Å²) in [4.78, 5) is 12.4. The van der Waals surface area contributed by atoms with Gasteiger partial charge >= 0.3 is 5.97 Å². The lowest BCUT2D eigenvalue weighted by Gasteiger charge is -2.06. The molecule has 2 nitrogen and oxygen atoms in total. The summed E-state index contributed by atoms with van der Waals surface area (Å²) in [5, 5.41) is 0.957. The molecule has 0 fully saturated rings. The van der Waals surface area contributed by atoms with Crippen LogP contribution in [0.1, 0.15) is 29.3 Å². The largest absolute Gasteiger partial charge is 0.462 e. The third kappa shape index (κ3) is 4.18. The molecule has 0 heterocycles. The number of carbonyl (C=O) groups excluding carboxylic acids is 1. The fourth-order valence-corrected chi connectivity index (χ4v) is 2.01. The highest BCUT2D eigenvalue weighted by Gasteiger charge is 2.08. The van der Waals surface area contributed by atoms with Crippen molar-refractivity contribution in [2.24, 2.45) is 0 Å². The number of ether oxygens (including phenoxy) is 1. The van der Waals surface area contributed by atoms with Crippen molar-refractivity contribution in [1.29, 1.82) is 0 Å². The molecule has 0 bridgehead atoms. The molecule has 88 valence electrons. The second-order valence-electron chi connectivity index (χ2n) is 3.40.